The number of rotatable bonds is 4. The van der Waals surface area contributed by atoms with Crippen molar-refractivity contribution in [2.45, 2.75) is 44.4 Å². The molecule has 0 aliphatic rings. The minimum Gasteiger partial charge on any atom is -0.270 e. The van der Waals surface area contributed by atoms with Crippen LogP contribution in [0.15, 0.2) is 35.4 Å². The van der Waals surface area contributed by atoms with Gasteiger partial charge in [0, 0.05) is 12.2 Å². The molecule has 1 aromatic heterocycles. The van der Waals surface area contributed by atoms with E-state index in [2.05, 4.69) is 5.10 Å². The molecule has 0 atom stereocenters. The predicted molar refractivity (Wildman–Crippen MR) is 79.4 cm³/mol. The van der Waals surface area contributed by atoms with E-state index < -0.39 is 9.84 Å². The highest BCUT2D eigenvalue weighted by Gasteiger charge is 2.19. The van der Waals surface area contributed by atoms with Gasteiger partial charge in [0.25, 0.3) is 0 Å². The number of hydrogen-bond acceptors (Lipinski definition) is 3. The van der Waals surface area contributed by atoms with E-state index in [0.717, 1.165) is 11.1 Å². The third-order valence-electron chi connectivity index (χ3n) is 3.20. The fourth-order valence-electron chi connectivity index (χ4n) is 2.16. The van der Waals surface area contributed by atoms with Gasteiger partial charge in [-0.25, -0.2) is 8.42 Å². The van der Waals surface area contributed by atoms with Crippen LogP contribution < -0.4 is 0 Å². The highest BCUT2D eigenvalue weighted by molar-refractivity contribution is 7.90. The van der Waals surface area contributed by atoms with Gasteiger partial charge < -0.3 is 0 Å². The number of aromatic nitrogens is 2. The monoisotopic (exact) mass is 292 g/mol. The molecule has 0 fully saturated rings. The molecular weight excluding hydrogens is 272 g/mol. The van der Waals surface area contributed by atoms with E-state index in [1.165, 1.54) is 0 Å². The maximum Gasteiger partial charge on any atom is 0.184 e. The Balaban J connectivity index is 2.30. The fraction of sp³-hybridized carbons (Fsp3) is 0.400. The molecule has 0 radical (unpaired) electrons. The second kappa shape index (κ2) is 5.40. The maximum atomic E-state index is 12.5. The zero-order valence-corrected chi connectivity index (χ0v) is 13.1. The zero-order chi connectivity index (χ0) is 14.9. The van der Waals surface area contributed by atoms with Crippen molar-refractivity contribution in [3.8, 4) is 0 Å². The number of nitrogens with zero attached hydrogens (tertiary/aromatic N) is 2. The van der Waals surface area contributed by atoms with Gasteiger partial charge in [0.2, 0.25) is 0 Å². The van der Waals surface area contributed by atoms with Crippen molar-refractivity contribution in [1.82, 2.24) is 9.78 Å². The van der Waals surface area contributed by atoms with Gasteiger partial charge in [-0.15, -0.1) is 0 Å². The van der Waals surface area contributed by atoms with Crippen LogP contribution in [0.4, 0.5) is 0 Å². The first-order valence-electron chi connectivity index (χ1n) is 6.63. The molecule has 5 heteroatoms. The lowest BCUT2D eigenvalue weighted by atomic mass is 10.2. The van der Waals surface area contributed by atoms with Crippen LogP contribution in [-0.4, -0.2) is 18.2 Å². The molecule has 20 heavy (non-hydrogen) atoms. The Morgan fingerprint density at radius 2 is 1.90 bits per heavy atom. The zero-order valence-electron chi connectivity index (χ0n) is 12.3. The van der Waals surface area contributed by atoms with E-state index in [9.17, 15) is 8.42 Å². The summed E-state index contributed by atoms with van der Waals surface area (Å²) in [6.45, 7) is 7.80. The van der Waals surface area contributed by atoms with Gasteiger partial charge in [-0.05, 0) is 45.4 Å². The van der Waals surface area contributed by atoms with Crippen molar-refractivity contribution in [3.05, 3.63) is 47.3 Å². The van der Waals surface area contributed by atoms with Gasteiger partial charge in [0.05, 0.1) is 16.3 Å². The summed E-state index contributed by atoms with van der Waals surface area (Å²) in [5, 5.41) is 4.31. The van der Waals surface area contributed by atoms with E-state index in [4.69, 9.17) is 0 Å². The van der Waals surface area contributed by atoms with Gasteiger partial charge in [-0.3, -0.25) is 4.68 Å². The van der Waals surface area contributed by atoms with Crippen LogP contribution in [0.25, 0.3) is 0 Å². The summed E-state index contributed by atoms with van der Waals surface area (Å²) in [6, 6.07) is 7.39. The maximum absolute atomic E-state index is 12.5. The Bertz CT molecular complexity index is 715. The highest BCUT2D eigenvalue weighted by Crippen LogP contribution is 2.21. The topological polar surface area (TPSA) is 52.0 Å². The van der Waals surface area contributed by atoms with Gasteiger partial charge in [-0.1, -0.05) is 17.7 Å². The van der Waals surface area contributed by atoms with Gasteiger partial charge in [0.15, 0.2) is 9.84 Å². The van der Waals surface area contributed by atoms with Crippen molar-refractivity contribution >= 4 is 9.84 Å². The number of benzene rings is 1. The SMILES string of the molecule is Cc1ccc(S(=O)(=O)Cc2ccn(C(C)C)n2)c(C)c1. The van der Waals surface area contributed by atoms with Crippen LogP contribution in [0.2, 0.25) is 0 Å². The first kappa shape index (κ1) is 14.8. The quantitative estimate of drug-likeness (QED) is 0.870. The highest BCUT2D eigenvalue weighted by atomic mass is 32.2. The predicted octanol–water partition coefficient (Wildman–Crippen LogP) is 3.05. The molecule has 4 nitrogen and oxygen atoms in total. The van der Waals surface area contributed by atoms with Gasteiger partial charge >= 0.3 is 0 Å². The van der Waals surface area contributed by atoms with Crippen LogP contribution in [0.3, 0.4) is 0 Å². The largest absolute Gasteiger partial charge is 0.270 e. The number of hydrogen-bond donors (Lipinski definition) is 0. The van der Waals surface area contributed by atoms with Crippen LogP contribution in [-0.2, 0) is 15.6 Å². The van der Waals surface area contributed by atoms with Crippen LogP contribution in [0.5, 0.6) is 0 Å². The smallest absolute Gasteiger partial charge is 0.184 e. The standard InChI is InChI=1S/C15H20N2O2S/c1-11(2)17-8-7-14(16-17)10-20(18,19)15-6-5-12(3)9-13(15)4/h5-9,11H,10H2,1-4H3. The lowest BCUT2D eigenvalue weighted by molar-refractivity contribution is 0.527. The van der Waals surface area contributed by atoms with Crippen LogP contribution in [0, 0.1) is 13.8 Å². The Morgan fingerprint density at radius 1 is 1.20 bits per heavy atom. The molecule has 0 N–H and O–H groups in total. The average Bonchev–Trinajstić information content (AvgIpc) is 2.76. The van der Waals surface area contributed by atoms with Crippen molar-refractivity contribution in [3.63, 3.8) is 0 Å². The molecule has 0 spiro atoms. The minimum absolute atomic E-state index is 0.0589. The second-order valence-corrected chi connectivity index (χ2v) is 7.37. The van der Waals surface area contributed by atoms with Crippen molar-refractivity contribution in [2.75, 3.05) is 0 Å². The first-order valence-corrected chi connectivity index (χ1v) is 8.29. The molecular formula is C15H20N2O2S. The summed E-state index contributed by atoms with van der Waals surface area (Å²) in [5.41, 5.74) is 2.43. The Hall–Kier alpha value is -1.62. The lowest BCUT2D eigenvalue weighted by Crippen LogP contribution is -2.09. The lowest BCUT2D eigenvalue weighted by Gasteiger charge is -2.08. The molecule has 0 saturated heterocycles. The third kappa shape index (κ3) is 3.10. The molecule has 0 aliphatic heterocycles. The molecule has 1 aromatic carbocycles. The molecule has 0 unspecified atom stereocenters. The van der Waals surface area contributed by atoms with E-state index in [0.29, 0.717) is 10.6 Å². The Kier molecular flexibility index (Phi) is 3.99. The second-order valence-electron chi connectivity index (χ2n) is 5.41. The van der Waals surface area contributed by atoms with E-state index >= 15 is 0 Å². The summed E-state index contributed by atoms with van der Waals surface area (Å²) in [6.07, 6.45) is 1.82. The van der Waals surface area contributed by atoms with Crippen LogP contribution >= 0.6 is 0 Å². The third-order valence-corrected chi connectivity index (χ3v) is 5.00. The fourth-order valence-corrected chi connectivity index (χ4v) is 3.69. The summed E-state index contributed by atoms with van der Waals surface area (Å²) in [4.78, 5) is 0.391. The average molecular weight is 292 g/mol. The van der Waals surface area contributed by atoms with E-state index in [1.807, 2.05) is 46.0 Å². The van der Waals surface area contributed by atoms with Crippen molar-refractivity contribution < 1.29 is 8.42 Å². The summed E-state index contributed by atoms with van der Waals surface area (Å²) in [5.74, 6) is -0.0589. The Labute approximate surface area is 120 Å². The molecule has 0 aliphatic carbocycles. The van der Waals surface area contributed by atoms with Crippen molar-refractivity contribution in [1.29, 1.82) is 0 Å². The normalized spacial score (nSPS) is 12.1. The first-order chi connectivity index (χ1) is 9.29. The molecule has 0 saturated carbocycles. The molecule has 2 aromatic rings. The summed E-state index contributed by atoms with van der Waals surface area (Å²) in [7, 11) is -3.35. The van der Waals surface area contributed by atoms with Gasteiger partial charge in [0.1, 0.15) is 0 Å². The summed E-state index contributed by atoms with van der Waals surface area (Å²) < 4.78 is 26.7. The van der Waals surface area contributed by atoms with E-state index in [-0.39, 0.29) is 11.8 Å². The number of sulfone groups is 1. The molecule has 0 bridgehead atoms. The van der Waals surface area contributed by atoms with E-state index in [1.54, 1.807) is 16.8 Å². The molecule has 2 rings (SSSR count). The molecule has 0 amide bonds. The van der Waals surface area contributed by atoms with Gasteiger partial charge in [-0.2, -0.15) is 5.10 Å². The molecule has 1 heterocycles. The van der Waals surface area contributed by atoms with Crippen LogP contribution in [0.1, 0.15) is 36.7 Å². The minimum atomic E-state index is -3.35. The Morgan fingerprint density at radius 3 is 2.45 bits per heavy atom. The number of aryl methyl sites for hydroxylation is 2. The molecule has 108 valence electrons. The summed E-state index contributed by atoms with van der Waals surface area (Å²) >= 11 is 0. The van der Waals surface area contributed by atoms with Crippen molar-refractivity contribution in [2.24, 2.45) is 0 Å².